The summed E-state index contributed by atoms with van der Waals surface area (Å²) in [4.78, 5) is 25.3. The van der Waals surface area contributed by atoms with Crippen LogP contribution in [0.5, 0.6) is 0 Å². The van der Waals surface area contributed by atoms with Crippen molar-refractivity contribution in [3.63, 3.8) is 0 Å². The number of benzene rings is 1. The maximum absolute atomic E-state index is 12.7. The van der Waals surface area contributed by atoms with Gasteiger partial charge in [0.1, 0.15) is 0 Å². The number of carboxylic acid groups (broad SMARTS) is 1. The van der Waals surface area contributed by atoms with Crippen LogP contribution in [0, 0.1) is 6.92 Å². The molecule has 1 atom stereocenters. The number of rotatable bonds is 2. The SMILES string of the molecule is Cc1ccc(Cl)c(C(=O)N2CC(C(=O)O)S(=O)(=O)C(C)(C)C2)c1. The zero-order valence-electron chi connectivity index (χ0n) is 13.0. The van der Waals surface area contributed by atoms with Crippen LogP contribution in [0.4, 0.5) is 0 Å². The van der Waals surface area contributed by atoms with Gasteiger partial charge in [-0.25, -0.2) is 8.42 Å². The van der Waals surface area contributed by atoms with Gasteiger partial charge in [-0.05, 0) is 32.9 Å². The lowest BCUT2D eigenvalue weighted by atomic mass is 10.1. The second kappa shape index (κ2) is 5.79. The number of sulfone groups is 1. The van der Waals surface area contributed by atoms with E-state index >= 15 is 0 Å². The second-order valence-corrected chi connectivity index (χ2v) is 9.47. The van der Waals surface area contributed by atoms with Gasteiger partial charge < -0.3 is 10.0 Å². The molecule has 0 saturated carbocycles. The molecule has 8 heteroatoms. The van der Waals surface area contributed by atoms with Crippen LogP contribution in [0.25, 0.3) is 0 Å². The summed E-state index contributed by atoms with van der Waals surface area (Å²) in [6, 6.07) is 4.95. The third-order valence-electron chi connectivity index (χ3n) is 4.02. The Morgan fingerprint density at radius 2 is 1.96 bits per heavy atom. The number of aryl methyl sites for hydroxylation is 1. The molecule has 2 rings (SSSR count). The molecule has 1 fully saturated rings. The van der Waals surface area contributed by atoms with Crippen molar-refractivity contribution in [1.29, 1.82) is 0 Å². The Labute approximate surface area is 140 Å². The fourth-order valence-electron chi connectivity index (χ4n) is 2.64. The number of carbonyl (C=O) groups excluding carboxylic acids is 1. The van der Waals surface area contributed by atoms with E-state index in [2.05, 4.69) is 0 Å². The zero-order valence-corrected chi connectivity index (χ0v) is 14.6. The van der Waals surface area contributed by atoms with E-state index in [0.717, 1.165) is 5.56 Å². The summed E-state index contributed by atoms with van der Waals surface area (Å²) >= 11 is 6.05. The van der Waals surface area contributed by atoms with Crippen LogP contribution >= 0.6 is 11.6 Å². The van der Waals surface area contributed by atoms with Crippen molar-refractivity contribution in [1.82, 2.24) is 4.90 Å². The number of hydrogen-bond donors (Lipinski definition) is 1. The summed E-state index contributed by atoms with van der Waals surface area (Å²) in [5.41, 5.74) is 1.07. The molecule has 0 radical (unpaired) electrons. The minimum absolute atomic E-state index is 0.0811. The highest BCUT2D eigenvalue weighted by Gasteiger charge is 2.51. The first-order valence-corrected chi connectivity index (χ1v) is 8.91. The number of hydrogen-bond acceptors (Lipinski definition) is 4. The number of nitrogens with zero attached hydrogens (tertiary/aromatic N) is 1. The number of halogens is 1. The van der Waals surface area contributed by atoms with Crippen LogP contribution in [0.15, 0.2) is 18.2 Å². The van der Waals surface area contributed by atoms with Crippen molar-refractivity contribution < 1.29 is 23.1 Å². The van der Waals surface area contributed by atoms with E-state index in [4.69, 9.17) is 11.6 Å². The molecule has 1 saturated heterocycles. The molecule has 0 aromatic heterocycles. The largest absolute Gasteiger partial charge is 0.480 e. The van der Waals surface area contributed by atoms with Crippen molar-refractivity contribution in [2.24, 2.45) is 0 Å². The summed E-state index contributed by atoms with van der Waals surface area (Å²) < 4.78 is 23.4. The van der Waals surface area contributed by atoms with E-state index in [9.17, 15) is 23.1 Å². The Morgan fingerprint density at radius 3 is 2.52 bits per heavy atom. The smallest absolute Gasteiger partial charge is 0.323 e. The number of amides is 1. The van der Waals surface area contributed by atoms with Crippen molar-refractivity contribution in [2.45, 2.75) is 30.8 Å². The maximum Gasteiger partial charge on any atom is 0.323 e. The van der Waals surface area contributed by atoms with Gasteiger partial charge in [-0.2, -0.15) is 0 Å². The lowest BCUT2D eigenvalue weighted by Gasteiger charge is -2.40. The molecule has 1 aliphatic rings. The molecule has 1 amide bonds. The second-order valence-electron chi connectivity index (χ2n) is 6.30. The first kappa shape index (κ1) is 17.7. The predicted molar refractivity (Wildman–Crippen MR) is 86.5 cm³/mol. The average molecular weight is 360 g/mol. The van der Waals surface area contributed by atoms with Crippen molar-refractivity contribution in [3.8, 4) is 0 Å². The lowest BCUT2D eigenvalue weighted by Crippen LogP contribution is -2.61. The van der Waals surface area contributed by atoms with Gasteiger partial charge in [-0.15, -0.1) is 0 Å². The summed E-state index contributed by atoms with van der Waals surface area (Å²) in [5, 5.41) is 7.84. The van der Waals surface area contributed by atoms with Crippen LogP contribution in [0.2, 0.25) is 5.02 Å². The molecule has 1 aromatic rings. The van der Waals surface area contributed by atoms with Gasteiger partial charge in [-0.3, -0.25) is 9.59 Å². The van der Waals surface area contributed by atoms with Gasteiger partial charge >= 0.3 is 5.97 Å². The first-order valence-electron chi connectivity index (χ1n) is 6.99. The van der Waals surface area contributed by atoms with E-state index in [1.54, 1.807) is 25.1 Å². The van der Waals surface area contributed by atoms with E-state index in [0.29, 0.717) is 0 Å². The standard InChI is InChI=1S/C15H18ClNO5S/c1-9-4-5-11(16)10(6-9)13(18)17-7-12(14(19)20)23(21,22)15(2,3)8-17/h4-6,12H,7-8H2,1-3H3,(H,19,20). The molecule has 0 bridgehead atoms. The van der Waals surface area contributed by atoms with Crippen molar-refractivity contribution >= 4 is 33.3 Å². The van der Waals surface area contributed by atoms with Gasteiger partial charge in [0, 0.05) is 13.1 Å². The monoisotopic (exact) mass is 359 g/mol. The molecule has 1 aromatic carbocycles. The van der Waals surface area contributed by atoms with Gasteiger partial charge in [0.15, 0.2) is 15.1 Å². The Hall–Kier alpha value is -1.60. The summed E-state index contributed by atoms with van der Waals surface area (Å²) in [5.74, 6) is -1.92. The summed E-state index contributed by atoms with van der Waals surface area (Å²) in [7, 11) is -3.89. The third kappa shape index (κ3) is 3.07. The Morgan fingerprint density at radius 1 is 1.35 bits per heavy atom. The molecule has 126 valence electrons. The van der Waals surface area contributed by atoms with Crippen LogP contribution in [0.1, 0.15) is 29.8 Å². The Bertz CT molecular complexity index is 772. The molecule has 1 N–H and O–H groups in total. The fraction of sp³-hybridized carbons (Fsp3) is 0.467. The van der Waals surface area contributed by atoms with E-state index in [1.807, 2.05) is 0 Å². The van der Waals surface area contributed by atoms with Gasteiger partial charge in [-0.1, -0.05) is 23.2 Å². The van der Waals surface area contributed by atoms with Crippen molar-refractivity contribution in [2.75, 3.05) is 13.1 Å². The first-order chi connectivity index (χ1) is 10.5. The quantitative estimate of drug-likeness (QED) is 0.868. The highest BCUT2D eigenvalue weighted by Crippen LogP contribution is 2.30. The van der Waals surface area contributed by atoms with E-state index < -0.39 is 31.7 Å². The number of aliphatic carboxylic acids is 1. The van der Waals surface area contributed by atoms with Crippen molar-refractivity contribution in [3.05, 3.63) is 34.3 Å². The number of carbonyl (C=O) groups is 2. The van der Waals surface area contributed by atoms with Crippen LogP contribution in [-0.2, 0) is 14.6 Å². The summed E-state index contributed by atoms with van der Waals surface area (Å²) in [6.45, 7) is 4.19. The fourth-order valence-corrected chi connectivity index (χ4v) is 4.58. The van der Waals surface area contributed by atoms with E-state index in [-0.39, 0.29) is 23.7 Å². The molecule has 1 heterocycles. The minimum atomic E-state index is -3.89. The maximum atomic E-state index is 12.7. The third-order valence-corrected chi connectivity index (χ3v) is 7.12. The van der Waals surface area contributed by atoms with Crippen LogP contribution < -0.4 is 0 Å². The summed E-state index contributed by atoms with van der Waals surface area (Å²) in [6.07, 6.45) is 0. The molecular weight excluding hydrogens is 342 g/mol. The topological polar surface area (TPSA) is 91.8 Å². The highest BCUT2D eigenvalue weighted by atomic mass is 35.5. The average Bonchev–Trinajstić information content (AvgIpc) is 2.43. The highest BCUT2D eigenvalue weighted by molar-refractivity contribution is 7.94. The van der Waals surface area contributed by atoms with Crippen LogP contribution in [0.3, 0.4) is 0 Å². The van der Waals surface area contributed by atoms with Crippen LogP contribution in [-0.4, -0.2) is 53.4 Å². The normalized spacial score (nSPS) is 22.6. The van der Waals surface area contributed by atoms with Gasteiger partial charge in [0.05, 0.1) is 15.3 Å². The molecule has 6 nitrogen and oxygen atoms in total. The lowest BCUT2D eigenvalue weighted by molar-refractivity contribution is -0.137. The predicted octanol–water partition coefficient (Wildman–Crippen LogP) is 1.75. The Kier molecular flexibility index (Phi) is 4.47. The number of carboxylic acids is 1. The van der Waals surface area contributed by atoms with Gasteiger partial charge in [0.2, 0.25) is 0 Å². The molecule has 23 heavy (non-hydrogen) atoms. The molecular formula is C15H18ClNO5S. The van der Waals surface area contributed by atoms with E-state index in [1.165, 1.54) is 18.7 Å². The zero-order chi connectivity index (χ0) is 17.6. The molecule has 1 unspecified atom stereocenters. The molecule has 1 aliphatic heterocycles. The molecule has 0 aliphatic carbocycles. The Balaban J connectivity index is 2.43. The minimum Gasteiger partial charge on any atom is -0.480 e. The molecule has 0 spiro atoms. The van der Waals surface area contributed by atoms with Gasteiger partial charge in [0.25, 0.3) is 5.91 Å².